The van der Waals surface area contributed by atoms with Gasteiger partial charge in [-0.15, -0.1) is 0 Å². The van der Waals surface area contributed by atoms with Gasteiger partial charge >= 0.3 is 53.0 Å². The maximum absolute atomic E-state index is 13.4. The van der Waals surface area contributed by atoms with Crippen LogP contribution in [0.25, 0.3) is 0 Å². The molecule has 1 heterocycles. The Labute approximate surface area is 125 Å². The molecule has 0 aromatic heterocycles. The molecule has 1 atom stereocenters. The number of rotatable bonds is 6. The Bertz CT molecular complexity index is 389. The number of hydrogen-bond donors (Lipinski definition) is 0. The molecule has 0 aromatic rings. The third-order valence-electron chi connectivity index (χ3n) is 2.53. The lowest BCUT2D eigenvalue weighted by molar-refractivity contribution is -0.371. The lowest BCUT2D eigenvalue weighted by Gasteiger charge is -2.38. The van der Waals surface area contributed by atoms with E-state index in [1.807, 2.05) is 0 Å². The summed E-state index contributed by atoms with van der Waals surface area (Å²) in [6.45, 7) is -0.137. The van der Waals surface area contributed by atoms with E-state index < -0.39 is 65.2 Å². The van der Waals surface area contributed by atoms with E-state index in [1.165, 1.54) is 0 Å². The fraction of sp³-hybridized carbons (Fsp3) is 1.00. The molecule has 1 aliphatic heterocycles. The van der Waals surface area contributed by atoms with Gasteiger partial charge in [0.05, 0.1) is 6.04 Å². The number of hydrogen-bond acceptors (Lipinski definition) is 3. The van der Waals surface area contributed by atoms with E-state index >= 15 is 0 Å². The molecule has 1 fully saturated rings. The molecule has 1 aliphatic rings. The summed E-state index contributed by atoms with van der Waals surface area (Å²) in [7, 11) is -4.75. The van der Waals surface area contributed by atoms with Crippen molar-refractivity contribution in [2.45, 2.75) is 42.8 Å². The van der Waals surface area contributed by atoms with Gasteiger partial charge in [0.1, 0.15) is 0 Å². The van der Waals surface area contributed by atoms with Crippen LogP contribution < -0.4 is 0 Å². The smallest absolute Gasteiger partial charge is 0.412 e. The first kappa shape index (κ1) is 19.9. The fourth-order valence-corrected chi connectivity index (χ4v) is 4.89. The Morgan fingerprint density at radius 2 is 1.36 bits per heavy atom. The highest BCUT2D eigenvalue weighted by atomic mass is 28.4. The Kier molecular flexibility index (Phi) is 5.82. The monoisotopic (exact) mass is 393 g/mol. The van der Waals surface area contributed by atoms with Gasteiger partial charge < -0.3 is 12.3 Å². The standard InChI is InChI=1S/C7H6F9O3Si3/c1-3(8)5(11,12)7(15,16)6(13,14)4(9,10)2-22-18-20-17-21-19-22/h3H,2H2,1H3. The van der Waals surface area contributed by atoms with Crippen molar-refractivity contribution >= 4 is 29.3 Å². The van der Waals surface area contributed by atoms with Gasteiger partial charge in [-0.3, -0.25) is 0 Å². The summed E-state index contributed by atoms with van der Waals surface area (Å²) in [6.07, 6.45) is -3.77. The van der Waals surface area contributed by atoms with E-state index in [0.29, 0.717) is 0 Å². The molecule has 0 aromatic carbocycles. The van der Waals surface area contributed by atoms with Crippen LogP contribution >= 0.6 is 0 Å². The van der Waals surface area contributed by atoms with Gasteiger partial charge in [-0.25, -0.2) is 4.39 Å². The van der Waals surface area contributed by atoms with Gasteiger partial charge in [0, 0.05) is 0 Å². The van der Waals surface area contributed by atoms with Gasteiger partial charge in [0.2, 0.25) is 0 Å². The molecule has 0 aliphatic carbocycles. The van der Waals surface area contributed by atoms with Gasteiger partial charge in [-0.1, -0.05) is 0 Å². The number of alkyl halides is 9. The summed E-state index contributed by atoms with van der Waals surface area (Å²) in [5, 5.41) is 0. The molecular formula is C7H6F9O3Si3. The topological polar surface area (TPSA) is 27.7 Å². The van der Waals surface area contributed by atoms with Crippen LogP contribution in [0.3, 0.4) is 0 Å². The van der Waals surface area contributed by atoms with E-state index in [0.717, 1.165) is 0 Å². The predicted molar refractivity (Wildman–Crippen MR) is 55.7 cm³/mol. The average molecular weight is 393 g/mol. The Morgan fingerprint density at radius 3 is 1.77 bits per heavy atom. The first-order valence-electron chi connectivity index (χ1n) is 5.28. The van der Waals surface area contributed by atoms with Crippen LogP contribution in [0.1, 0.15) is 6.92 Å². The molecule has 0 N–H and O–H groups in total. The predicted octanol–water partition coefficient (Wildman–Crippen LogP) is 2.51. The highest BCUT2D eigenvalue weighted by Crippen LogP contribution is 2.55. The summed E-state index contributed by atoms with van der Waals surface area (Å²) in [5.41, 5.74) is 0. The minimum Gasteiger partial charge on any atom is -0.413 e. The Balaban J connectivity index is 3.02. The van der Waals surface area contributed by atoms with Crippen LogP contribution in [0, 0.1) is 0 Å². The van der Waals surface area contributed by atoms with Crippen molar-refractivity contribution < 1.29 is 51.9 Å². The molecular weight excluding hydrogens is 387 g/mol. The van der Waals surface area contributed by atoms with Crippen molar-refractivity contribution in [3.63, 3.8) is 0 Å². The molecule has 1 unspecified atom stereocenters. The van der Waals surface area contributed by atoms with Crippen molar-refractivity contribution in [3.8, 4) is 0 Å². The third kappa shape index (κ3) is 3.37. The minimum absolute atomic E-state index is 0.137. The van der Waals surface area contributed by atoms with Crippen LogP contribution in [0.4, 0.5) is 39.5 Å². The zero-order chi connectivity index (χ0) is 17.4. The first-order valence-corrected chi connectivity index (χ1v) is 8.43. The van der Waals surface area contributed by atoms with Gasteiger partial charge in [0.15, 0.2) is 6.17 Å². The largest absolute Gasteiger partial charge is 0.413 e. The molecule has 0 spiro atoms. The van der Waals surface area contributed by atoms with E-state index in [1.54, 1.807) is 0 Å². The minimum atomic E-state index is -6.62. The van der Waals surface area contributed by atoms with E-state index in [2.05, 4.69) is 12.3 Å². The lowest BCUT2D eigenvalue weighted by atomic mass is 9.97. The first-order chi connectivity index (χ1) is 9.77. The van der Waals surface area contributed by atoms with Crippen LogP contribution in [0.5, 0.6) is 0 Å². The molecule has 22 heavy (non-hydrogen) atoms. The zero-order valence-electron chi connectivity index (χ0n) is 10.4. The van der Waals surface area contributed by atoms with Crippen molar-refractivity contribution in [1.29, 1.82) is 0 Å². The van der Waals surface area contributed by atoms with Crippen LogP contribution in [0.2, 0.25) is 6.04 Å². The second-order valence-electron chi connectivity index (χ2n) is 4.11. The highest BCUT2D eigenvalue weighted by Gasteiger charge is 2.81. The average Bonchev–Trinajstić information content (AvgIpc) is 2.38. The SMILES string of the molecule is CC(F)C(F)(F)C(F)(F)C(F)(F)C(F)(F)C[Si]1O[Si]O[Si]O1. The maximum Gasteiger partial charge on any atom is 0.412 e. The maximum atomic E-state index is 13.4. The van der Waals surface area contributed by atoms with Gasteiger partial charge in [-0.05, 0) is 6.92 Å². The summed E-state index contributed by atoms with van der Waals surface area (Å²) < 4.78 is 131. The molecule has 1 saturated heterocycles. The van der Waals surface area contributed by atoms with Crippen LogP contribution in [0.15, 0.2) is 0 Å². The second-order valence-corrected chi connectivity index (χ2v) is 7.99. The molecule has 127 valence electrons. The molecule has 0 bridgehead atoms. The van der Waals surface area contributed by atoms with E-state index in [4.69, 9.17) is 0 Å². The summed E-state index contributed by atoms with van der Waals surface area (Å²) in [4.78, 5) is 0. The summed E-state index contributed by atoms with van der Waals surface area (Å²) in [6, 6.07) is -2.03. The highest BCUT2D eigenvalue weighted by molar-refractivity contribution is 6.61. The number of halogens is 9. The summed E-state index contributed by atoms with van der Waals surface area (Å²) in [5.74, 6) is -24.7. The molecule has 15 heteroatoms. The second kappa shape index (κ2) is 6.42. The van der Waals surface area contributed by atoms with E-state index in [9.17, 15) is 39.5 Å². The van der Waals surface area contributed by atoms with Crippen molar-refractivity contribution in [2.75, 3.05) is 0 Å². The van der Waals surface area contributed by atoms with E-state index in [-0.39, 0.29) is 6.92 Å². The Hall–Kier alpha value is -0.0994. The quantitative estimate of drug-likeness (QED) is 0.513. The summed E-state index contributed by atoms with van der Waals surface area (Å²) >= 11 is 0. The zero-order valence-corrected chi connectivity index (χ0v) is 13.4. The van der Waals surface area contributed by atoms with Crippen LogP contribution in [-0.4, -0.2) is 59.2 Å². The van der Waals surface area contributed by atoms with Crippen molar-refractivity contribution in [2.24, 2.45) is 0 Å². The van der Waals surface area contributed by atoms with Gasteiger partial charge in [0.25, 0.3) is 0 Å². The molecule has 5 radical (unpaired) electrons. The molecule has 1 rings (SSSR count). The normalized spacial score (nSPS) is 21.0. The lowest BCUT2D eigenvalue weighted by Crippen LogP contribution is -2.65. The molecule has 0 amide bonds. The fourth-order valence-electron chi connectivity index (χ4n) is 1.23. The molecule has 3 nitrogen and oxygen atoms in total. The third-order valence-corrected chi connectivity index (χ3v) is 6.42. The van der Waals surface area contributed by atoms with Crippen molar-refractivity contribution in [1.82, 2.24) is 0 Å². The Morgan fingerprint density at radius 1 is 0.909 bits per heavy atom. The molecule has 0 saturated carbocycles. The van der Waals surface area contributed by atoms with Gasteiger partial charge in [-0.2, -0.15) is 35.1 Å². The van der Waals surface area contributed by atoms with Crippen molar-refractivity contribution in [3.05, 3.63) is 0 Å². The van der Waals surface area contributed by atoms with Crippen LogP contribution in [-0.2, 0) is 12.3 Å².